The van der Waals surface area contributed by atoms with Crippen molar-refractivity contribution in [3.8, 4) is 17.2 Å². The Bertz CT molecular complexity index is 894. The highest BCUT2D eigenvalue weighted by molar-refractivity contribution is 5.80. The van der Waals surface area contributed by atoms with Gasteiger partial charge in [-0.05, 0) is 36.2 Å². The molecule has 9 heteroatoms. The highest BCUT2D eigenvalue weighted by atomic mass is 19.1. The minimum Gasteiger partial charge on any atom is -0.493 e. The minimum atomic E-state index is -0.550. The van der Waals surface area contributed by atoms with Gasteiger partial charge in [-0.2, -0.15) is 0 Å². The molecule has 0 radical (unpaired) electrons. The number of nitrogens with one attached hydrogen (secondary N) is 2. The number of hydrogen-bond donors (Lipinski definition) is 2. The SMILES string of the molecule is CN=C(NCc1cc(OC)c(OC)c(OC)c1)NC1CCN(c2c(F)cccc2F)C1. The van der Waals surface area contributed by atoms with Gasteiger partial charge in [-0.25, -0.2) is 8.78 Å². The van der Waals surface area contributed by atoms with Crippen molar-refractivity contribution in [2.45, 2.75) is 19.0 Å². The lowest BCUT2D eigenvalue weighted by atomic mass is 10.2. The van der Waals surface area contributed by atoms with Crippen LogP contribution in [0.1, 0.15) is 12.0 Å². The molecule has 31 heavy (non-hydrogen) atoms. The van der Waals surface area contributed by atoms with E-state index in [4.69, 9.17) is 14.2 Å². The van der Waals surface area contributed by atoms with Crippen LogP contribution in [0.4, 0.5) is 14.5 Å². The maximum Gasteiger partial charge on any atom is 0.203 e. The van der Waals surface area contributed by atoms with Crippen molar-refractivity contribution in [2.75, 3.05) is 46.4 Å². The summed E-state index contributed by atoms with van der Waals surface area (Å²) in [6, 6.07) is 7.65. The van der Waals surface area contributed by atoms with Crippen LogP contribution in [-0.4, -0.2) is 53.5 Å². The number of methoxy groups -OCH3 is 3. The van der Waals surface area contributed by atoms with Crippen molar-refractivity contribution in [3.63, 3.8) is 0 Å². The predicted octanol–water partition coefficient (Wildman–Crippen LogP) is 2.93. The van der Waals surface area contributed by atoms with Crippen LogP contribution >= 0.6 is 0 Å². The lowest BCUT2D eigenvalue weighted by molar-refractivity contribution is 0.323. The first-order valence-electron chi connectivity index (χ1n) is 9.95. The predicted molar refractivity (Wildman–Crippen MR) is 116 cm³/mol. The molecule has 0 bridgehead atoms. The normalized spacial score (nSPS) is 16.3. The summed E-state index contributed by atoms with van der Waals surface area (Å²) in [6.45, 7) is 1.50. The fraction of sp³-hybridized carbons (Fsp3) is 0.409. The molecule has 168 valence electrons. The van der Waals surface area contributed by atoms with Crippen LogP contribution in [0.3, 0.4) is 0 Å². The van der Waals surface area contributed by atoms with E-state index >= 15 is 0 Å². The van der Waals surface area contributed by atoms with Gasteiger partial charge in [0, 0.05) is 32.7 Å². The van der Waals surface area contributed by atoms with Gasteiger partial charge in [0.2, 0.25) is 5.75 Å². The van der Waals surface area contributed by atoms with Crippen LogP contribution in [0.25, 0.3) is 0 Å². The zero-order valence-electron chi connectivity index (χ0n) is 18.2. The molecule has 2 aromatic carbocycles. The molecule has 3 rings (SSSR count). The van der Waals surface area contributed by atoms with Gasteiger partial charge >= 0.3 is 0 Å². The van der Waals surface area contributed by atoms with Gasteiger partial charge in [0.25, 0.3) is 0 Å². The third-order valence-corrected chi connectivity index (χ3v) is 5.19. The summed E-state index contributed by atoms with van der Waals surface area (Å²) in [5.41, 5.74) is 0.936. The van der Waals surface area contributed by atoms with Gasteiger partial charge in [-0.3, -0.25) is 4.99 Å². The van der Waals surface area contributed by atoms with Crippen LogP contribution in [0.2, 0.25) is 0 Å². The topological polar surface area (TPSA) is 67.4 Å². The Balaban J connectivity index is 1.62. The molecule has 0 aliphatic carbocycles. The van der Waals surface area contributed by atoms with E-state index in [9.17, 15) is 8.78 Å². The average Bonchev–Trinajstić information content (AvgIpc) is 3.23. The molecule has 1 fully saturated rings. The van der Waals surface area contributed by atoms with Gasteiger partial charge in [0.1, 0.15) is 17.3 Å². The van der Waals surface area contributed by atoms with E-state index in [-0.39, 0.29) is 11.7 Å². The standard InChI is InChI=1S/C22H28F2N4O3/c1-25-22(26-12-14-10-18(29-2)21(31-4)19(11-14)30-3)27-15-8-9-28(13-15)20-16(23)6-5-7-17(20)24/h5-7,10-11,15H,8-9,12-13H2,1-4H3,(H2,25,26,27). The zero-order valence-corrected chi connectivity index (χ0v) is 18.2. The number of hydrogen-bond acceptors (Lipinski definition) is 5. The lowest BCUT2D eigenvalue weighted by Gasteiger charge is -2.21. The highest BCUT2D eigenvalue weighted by Gasteiger charge is 2.27. The Morgan fingerprint density at radius 1 is 1.10 bits per heavy atom. The number of guanidine groups is 1. The second-order valence-corrected chi connectivity index (χ2v) is 7.11. The molecular formula is C22H28F2N4O3. The van der Waals surface area contributed by atoms with Crippen molar-refractivity contribution in [2.24, 2.45) is 4.99 Å². The van der Waals surface area contributed by atoms with E-state index in [1.165, 1.54) is 18.2 Å². The molecule has 0 spiro atoms. The Hall–Kier alpha value is -3.23. The molecule has 1 heterocycles. The van der Waals surface area contributed by atoms with Crippen molar-refractivity contribution in [1.82, 2.24) is 10.6 Å². The van der Waals surface area contributed by atoms with Crippen LogP contribution in [0.5, 0.6) is 17.2 Å². The number of nitrogens with zero attached hydrogens (tertiary/aromatic N) is 2. The van der Waals surface area contributed by atoms with Gasteiger partial charge in [-0.1, -0.05) is 6.07 Å². The van der Waals surface area contributed by atoms with Gasteiger partial charge in [0.05, 0.1) is 21.3 Å². The summed E-state index contributed by atoms with van der Waals surface area (Å²) in [5.74, 6) is 1.16. The fourth-order valence-electron chi connectivity index (χ4n) is 3.68. The van der Waals surface area contributed by atoms with Crippen molar-refractivity contribution >= 4 is 11.6 Å². The Morgan fingerprint density at radius 3 is 2.29 bits per heavy atom. The largest absolute Gasteiger partial charge is 0.493 e. The average molecular weight is 434 g/mol. The summed E-state index contributed by atoms with van der Waals surface area (Å²) < 4.78 is 44.3. The number of aliphatic imine (C=N–C) groups is 1. The summed E-state index contributed by atoms with van der Waals surface area (Å²) in [6.07, 6.45) is 0.735. The first kappa shape index (κ1) is 22.5. The zero-order chi connectivity index (χ0) is 22.4. The smallest absolute Gasteiger partial charge is 0.203 e. The first-order valence-corrected chi connectivity index (χ1v) is 9.95. The molecule has 0 saturated carbocycles. The third kappa shape index (κ3) is 5.10. The molecule has 1 atom stereocenters. The van der Waals surface area contributed by atoms with Crippen LogP contribution in [0, 0.1) is 11.6 Å². The Kier molecular flexibility index (Phi) is 7.38. The molecule has 1 unspecified atom stereocenters. The maximum absolute atomic E-state index is 14.1. The molecule has 1 aliphatic heterocycles. The molecule has 2 N–H and O–H groups in total. The van der Waals surface area contributed by atoms with Crippen molar-refractivity contribution < 1.29 is 23.0 Å². The molecule has 0 amide bonds. The molecule has 1 saturated heterocycles. The van der Waals surface area contributed by atoms with E-state index in [2.05, 4.69) is 15.6 Å². The molecule has 1 aliphatic rings. The van der Waals surface area contributed by atoms with E-state index in [1.807, 2.05) is 12.1 Å². The fourth-order valence-corrected chi connectivity index (χ4v) is 3.68. The van der Waals surface area contributed by atoms with Gasteiger partial charge in [-0.15, -0.1) is 0 Å². The van der Waals surface area contributed by atoms with Crippen LogP contribution < -0.4 is 29.7 Å². The van der Waals surface area contributed by atoms with E-state index in [0.29, 0.717) is 42.8 Å². The lowest BCUT2D eigenvalue weighted by Crippen LogP contribution is -2.44. The number of halogens is 2. The Morgan fingerprint density at radius 2 is 1.74 bits per heavy atom. The van der Waals surface area contributed by atoms with Crippen molar-refractivity contribution in [1.29, 1.82) is 0 Å². The van der Waals surface area contributed by atoms with E-state index in [1.54, 1.807) is 33.3 Å². The highest BCUT2D eigenvalue weighted by Crippen LogP contribution is 2.38. The molecule has 2 aromatic rings. The van der Waals surface area contributed by atoms with Crippen LogP contribution in [-0.2, 0) is 6.54 Å². The van der Waals surface area contributed by atoms with E-state index < -0.39 is 11.6 Å². The molecule has 7 nitrogen and oxygen atoms in total. The second-order valence-electron chi connectivity index (χ2n) is 7.11. The number of para-hydroxylation sites is 1. The first-order chi connectivity index (χ1) is 15.0. The summed E-state index contributed by atoms with van der Waals surface area (Å²) in [7, 11) is 6.37. The number of rotatable bonds is 7. The Labute approximate surface area is 181 Å². The summed E-state index contributed by atoms with van der Waals surface area (Å²) in [5, 5.41) is 6.57. The summed E-state index contributed by atoms with van der Waals surface area (Å²) in [4.78, 5) is 5.98. The quantitative estimate of drug-likeness (QED) is 0.516. The third-order valence-electron chi connectivity index (χ3n) is 5.19. The molecular weight excluding hydrogens is 406 g/mol. The maximum atomic E-state index is 14.1. The van der Waals surface area contributed by atoms with E-state index in [0.717, 1.165) is 12.0 Å². The number of benzene rings is 2. The number of anilines is 1. The van der Waals surface area contributed by atoms with Gasteiger partial charge < -0.3 is 29.7 Å². The number of ether oxygens (including phenoxy) is 3. The summed E-state index contributed by atoms with van der Waals surface area (Å²) >= 11 is 0. The van der Waals surface area contributed by atoms with Crippen molar-refractivity contribution in [3.05, 3.63) is 47.5 Å². The van der Waals surface area contributed by atoms with Crippen LogP contribution in [0.15, 0.2) is 35.3 Å². The van der Waals surface area contributed by atoms with Gasteiger partial charge in [0.15, 0.2) is 17.5 Å². The monoisotopic (exact) mass is 434 g/mol. The minimum absolute atomic E-state index is 0.00476. The second kappa shape index (κ2) is 10.2. The molecule has 0 aromatic heterocycles.